The molecule has 0 fully saturated rings. The maximum absolute atomic E-state index is 12.9. The molecule has 26 heavy (non-hydrogen) atoms. The van der Waals surface area contributed by atoms with Crippen molar-refractivity contribution in [3.8, 4) is 0 Å². The SMILES string of the molecule is NCC(C(=O)Cc1ccc2cnccc2c1)c1ccc2c(c1)B(O)ON2. The monoisotopic (exact) mass is 347 g/mol. The van der Waals surface area contributed by atoms with Gasteiger partial charge in [-0.3, -0.25) is 20.0 Å². The van der Waals surface area contributed by atoms with E-state index in [4.69, 9.17) is 10.5 Å². The Balaban J connectivity index is 1.58. The first-order valence-corrected chi connectivity index (χ1v) is 8.44. The number of nitrogens with zero attached hydrogens (tertiary/aromatic N) is 1. The lowest BCUT2D eigenvalue weighted by Crippen LogP contribution is -2.29. The zero-order valence-electron chi connectivity index (χ0n) is 14.1. The van der Waals surface area contributed by atoms with Gasteiger partial charge >= 0.3 is 7.12 Å². The van der Waals surface area contributed by atoms with Crippen molar-refractivity contribution in [2.24, 2.45) is 5.73 Å². The number of fused-ring (bicyclic) bond motifs is 2. The van der Waals surface area contributed by atoms with Crippen molar-refractivity contribution >= 4 is 34.8 Å². The molecule has 1 aliphatic heterocycles. The number of anilines is 1. The third-order valence-electron chi connectivity index (χ3n) is 4.73. The first-order valence-electron chi connectivity index (χ1n) is 8.44. The van der Waals surface area contributed by atoms with Crippen molar-refractivity contribution in [2.75, 3.05) is 12.0 Å². The summed E-state index contributed by atoms with van der Waals surface area (Å²) in [6.45, 7) is 0.208. The molecule has 0 bridgehead atoms. The summed E-state index contributed by atoms with van der Waals surface area (Å²) in [5, 5.41) is 11.9. The number of nitrogens with two attached hydrogens (primary N) is 1. The highest BCUT2D eigenvalue weighted by molar-refractivity contribution is 6.63. The summed E-state index contributed by atoms with van der Waals surface area (Å²) in [6.07, 6.45) is 3.84. The number of hydrogen-bond donors (Lipinski definition) is 3. The van der Waals surface area contributed by atoms with Crippen molar-refractivity contribution in [1.82, 2.24) is 4.98 Å². The Morgan fingerprint density at radius 1 is 1.23 bits per heavy atom. The number of benzene rings is 2. The number of aromatic nitrogens is 1. The van der Waals surface area contributed by atoms with Crippen molar-refractivity contribution in [1.29, 1.82) is 0 Å². The smallest absolute Gasteiger partial charge is 0.422 e. The van der Waals surface area contributed by atoms with Gasteiger partial charge in [0.2, 0.25) is 0 Å². The molecule has 2 heterocycles. The normalized spacial score (nSPS) is 14.2. The molecule has 7 heteroatoms. The molecule has 6 nitrogen and oxygen atoms in total. The van der Waals surface area contributed by atoms with Crippen LogP contribution in [0.25, 0.3) is 10.8 Å². The minimum atomic E-state index is -1.03. The van der Waals surface area contributed by atoms with E-state index in [1.54, 1.807) is 24.5 Å². The zero-order chi connectivity index (χ0) is 18.1. The summed E-state index contributed by atoms with van der Waals surface area (Å²) in [4.78, 5) is 17.0. The van der Waals surface area contributed by atoms with Crippen LogP contribution in [0, 0.1) is 0 Å². The van der Waals surface area contributed by atoms with Gasteiger partial charge in [-0.1, -0.05) is 30.3 Å². The molecule has 1 unspecified atom stereocenters. The number of nitrogens with one attached hydrogen (secondary N) is 1. The Morgan fingerprint density at radius 3 is 2.96 bits per heavy atom. The highest BCUT2D eigenvalue weighted by Crippen LogP contribution is 2.23. The van der Waals surface area contributed by atoms with Crippen LogP contribution in [-0.4, -0.2) is 29.5 Å². The maximum atomic E-state index is 12.9. The summed E-state index contributed by atoms with van der Waals surface area (Å²) in [5.41, 5.74) is 11.6. The lowest BCUT2D eigenvalue weighted by atomic mass is 9.77. The fraction of sp³-hybridized carbons (Fsp3) is 0.158. The lowest BCUT2D eigenvalue weighted by Gasteiger charge is -2.15. The van der Waals surface area contributed by atoms with Crippen LogP contribution >= 0.6 is 0 Å². The van der Waals surface area contributed by atoms with Crippen molar-refractivity contribution in [3.05, 3.63) is 66.0 Å². The van der Waals surface area contributed by atoms with Gasteiger partial charge < -0.3 is 10.8 Å². The molecule has 1 aromatic heterocycles. The average molecular weight is 347 g/mol. The van der Waals surface area contributed by atoms with Crippen LogP contribution in [-0.2, 0) is 16.0 Å². The predicted molar refractivity (Wildman–Crippen MR) is 101 cm³/mol. The van der Waals surface area contributed by atoms with Crippen LogP contribution in [0.3, 0.4) is 0 Å². The quantitative estimate of drug-likeness (QED) is 0.599. The number of Topliss-reactive ketones (excluding diaryl/α,β-unsaturated/α-hetero) is 1. The molecule has 130 valence electrons. The zero-order valence-corrected chi connectivity index (χ0v) is 14.1. The molecule has 4 N–H and O–H groups in total. The number of carbonyl (C=O) groups excluding carboxylic acids is 1. The van der Waals surface area contributed by atoms with E-state index in [9.17, 15) is 9.82 Å². The third-order valence-corrected chi connectivity index (χ3v) is 4.73. The van der Waals surface area contributed by atoms with Crippen LogP contribution in [0.5, 0.6) is 0 Å². The molecule has 0 amide bonds. The molecule has 0 aliphatic carbocycles. The Bertz CT molecular complexity index is 979. The minimum absolute atomic E-state index is 0.0437. The number of ketones is 1. The number of rotatable bonds is 5. The van der Waals surface area contributed by atoms with Crippen LogP contribution < -0.4 is 16.7 Å². The molecule has 0 spiro atoms. The molecule has 0 saturated heterocycles. The van der Waals surface area contributed by atoms with E-state index < -0.39 is 13.0 Å². The molecule has 4 rings (SSSR count). The standard InChI is InChI=1S/C19H18BN3O3/c21-10-16(14-3-4-18-17(9-14)20(25)26-23-18)19(24)8-12-1-2-15-11-22-6-5-13(15)7-12/h1-7,9,11,16,23,25H,8,10,21H2. The third kappa shape index (κ3) is 3.08. The molecule has 2 aromatic carbocycles. The van der Waals surface area contributed by atoms with Gasteiger partial charge in [0, 0.05) is 36.2 Å². The van der Waals surface area contributed by atoms with Crippen molar-refractivity contribution < 1.29 is 14.6 Å². The van der Waals surface area contributed by atoms with E-state index in [1.807, 2.05) is 30.3 Å². The van der Waals surface area contributed by atoms with Gasteiger partial charge in [-0.2, -0.15) is 0 Å². The summed E-state index contributed by atoms with van der Waals surface area (Å²) in [7, 11) is -1.03. The Kier molecular flexibility index (Phi) is 4.42. The number of hydrogen-bond acceptors (Lipinski definition) is 6. The summed E-state index contributed by atoms with van der Waals surface area (Å²) >= 11 is 0. The topological polar surface area (TPSA) is 97.5 Å². The Morgan fingerprint density at radius 2 is 2.12 bits per heavy atom. The van der Waals surface area contributed by atoms with Crippen LogP contribution in [0.15, 0.2) is 54.9 Å². The highest BCUT2D eigenvalue weighted by Gasteiger charge is 2.29. The fourth-order valence-corrected chi connectivity index (χ4v) is 3.30. The molecule has 1 aliphatic rings. The molecular weight excluding hydrogens is 329 g/mol. The molecular formula is C19H18BN3O3. The van der Waals surface area contributed by atoms with Gasteiger partial charge in [0.25, 0.3) is 0 Å². The van der Waals surface area contributed by atoms with E-state index >= 15 is 0 Å². The molecule has 0 saturated carbocycles. The van der Waals surface area contributed by atoms with Gasteiger partial charge in [0.05, 0.1) is 11.6 Å². The van der Waals surface area contributed by atoms with Gasteiger partial charge in [-0.05, 0) is 28.6 Å². The van der Waals surface area contributed by atoms with Crippen LogP contribution in [0.4, 0.5) is 5.69 Å². The summed E-state index contributed by atoms with van der Waals surface area (Å²) in [6, 6.07) is 13.3. The number of pyridine rings is 1. The van der Waals surface area contributed by atoms with Gasteiger partial charge in [-0.15, -0.1) is 0 Å². The van der Waals surface area contributed by atoms with Crippen molar-refractivity contribution in [2.45, 2.75) is 12.3 Å². The largest absolute Gasteiger partial charge is 0.516 e. The predicted octanol–water partition coefficient (Wildman–Crippen LogP) is 1.13. The lowest BCUT2D eigenvalue weighted by molar-refractivity contribution is -0.119. The second-order valence-corrected chi connectivity index (χ2v) is 6.41. The van der Waals surface area contributed by atoms with Crippen LogP contribution in [0.2, 0.25) is 0 Å². The fourth-order valence-electron chi connectivity index (χ4n) is 3.30. The Hall–Kier alpha value is -2.74. The van der Waals surface area contributed by atoms with Gasteiger partial charge in [-0.25, -0.2) is 0 Å². The maximum Gasteiger partial charge on any atom is 0.516 e. The van der Waals surface area contributed by atoms with E-state index in [-0.39, 0.29) is 12.3 Å². The first-order chi connectivity index (χ1) is 12.7. The van der Waals surface area contributed by atoms with E-state index in [1.165, 1.54) is 0 Å². The Labute approximate surface area is 151 Å². The van der Waals surface area contributed by atoms with Crippen LogP contribution in [0.1, 0.15) is 17.0 Å². The average Bonchev–Trinajstić information content (AvgIpc) is 3.03. The minimum Gasteiger partial charge on any atom is -0.422 e. The number of carbonyl (C=O) groups is 1. The summed E-state index contributed by atoms with van der Waals surface area (Å²) < 4.78 is 4.97. The van der Waals surface area contributed by atoms with Gasteiger partial charge in [0.15, 0.2) is 0 Å². The van der Waals surface area contributed by atoms with E-state index in [0.717, 1.165) is 21.9 Å². The van der Waals surface area contributed by atoms with Crippen molar-refractivity contribution in [3.63, 3.8) is 0 Å². The van der Waals surface area contributed by atoms with Gasteiger partial charge in [0.1, 0.15) is 5.78 Å². The van der Waals surface area contributed by atoms with E-state index in [0.29, 0.717) is 17.6 Å². The van der Waals surface area contributed by atoms with E-state index in [2.05, 4.69) is 10.5 Å². The molecule has 3 aromatic rings. The highest BCUT2D eigenvalue weighted by atomic mass is 16.7. The first kappa shape index (κ1) is 16.7. The molecule has 0 radical (unpaired) electrons. The second kappa shape index (κ2) is 6.88. The molecule has 1 atom stereocenters. The summed E-state index contributed by atoms with van der Waals surface area (Å²) in [5.74, 6) is -0.386. The second-order valence-electron chi connectivity index (χ2n) is 6.41.